The number of phosphoric acid groups is 1. The molecule has 386 valence electrons. The Balaban J connectivity index is 4.32. The molecule has 0 fully saturated rings. The molecule has 0 radical (unpaired) electrons. The minimum Gasteiger partial charge on any atom is -0.462 e. The van der Waals surface area contributed by atoms with E-state index in [-0.39, 0.29) is 26.1 Å². The maximum atomic E-state index is 12.8. The number of ether oxygens (including phenoxy) is 2. The second-order valence-electron chi connectivity index (χ2n) is 19.6. The Hall–Kier alpha value is -2.03. The quantitative estimate of drug-likeness (QED) is 0.0211. The number of unbranched alkanes of at least 4 members (excludes halogenated alkanes) is 28. The Bertz CT molecular complexity index is 1260. The lowest BCUT2D eigenvalue weighted by Crippen LogP contribution is -2.37. The summed E-state index contributed by atoms with van der Waals surface area (Å²) in [6, 6.07) is 0. The van der Waals surface area contributed by atoms with Gasteiger partial charge in [0.15, 0.2) is 6.10 Å². The Labute approximate surface area is 407 Å². The monoisotopic (exact) mass is 951 g/mol. The number of carbonyl (C=O) groups excluding carboxylic acids is 2. The predicted molar refractivity (Wildman–Crippen MR) is 280 cm³/mol. The molecule has 2 atom stereocenters. The van der Waals surface area contributed by atoms with Gasteiger partial charge in [0.2, 0.25) is 0 Å². The van der Waals surface area contributed by atoms with Gasteiger partial charge in [0.25, 0.3) is 0 Å². The zero-order valence-corrected chi connectivity index (χ0v) is 44.6. The molecule has 2 unspecified atom stereocenters. The van der Waals surface area contributed by atoms with Crippen molar-refractivity contribution < 1.29 is 42.1 Å². The number of quaternary nitrogens is 1. The number of likely N-dealkylation sites (N-methyl/N-ethyl adjacent to an activating group) is 1. The lowest BCUT2D eigenvalue weighted by atomic mass is 10.0. The largest absolute Gasteiger partial charge is 0.472 e. The number of hydrogen-bond acceptors (Lipinski definition) is 7. The molecule has 66 heavy (non-hydrogen) atoms. The molecule has 0 bridgehead atoms. The van der Waals surface area contributed by atoms with E-state index in [4.69, 9.17) is 18.5 Å². The number of esters is 2. The van der Waals surface area contributed by atoms with E-state index in [1.165, 1.54) is 154 Å². The maximum absolute atomic E-state index is 12.8. The number of hydrogen-bond donors (Lipinski definition) is 1. The third kappa shape index (κ3) is 51.4. The lowest BCUT2D eigenvalue weighted by molar-refractivity contribution is -0.870. The van der Waals surface area contributed by atoms with E-state index >= 15 is 0 Å². The van der Waals surface area contributed by atoms with E-state index in [0.717, 1.165) is 51.4 Å². The molecule has 0 saturated carbocycles. The molecule has 0 aromatic carbocycles. The minimum absolute atomic E-state index is 0.0185. The van der Waals surface area contributed by atoms with E-state index in [1.54, 1.807) is 0 Å². The van der Waals surface area contributed by atoms with Gasteiger partial charge in [-0.05, 0) is 77.0 Å². The molecule has 0 rings (SSSR count). The van der Waals surface area contributed by atoms with E-state index in [9.17, 15) is 19.0 Å². The Kier molecular flexibility index (Phi) is 46.5. The first-order valence-electron chi connectivity index (χ1n) is 27.4. The third-order valence-electron chi connectivity index (χ3n) is 11.8. The van der Waals surface area contributed by atoms with Crippen molar-refractivity contribution in [3.8, 4) is 0 Å². The van der Waals surface area contributed by atoms with Crippen LogP contribution in [0.4, 0.5) is 0 Å². The molecule has 0 aromatic rings. The van der Waals surface area contributed by atoms with Crippen LogP contribution in [0.3, 0.4) is 0 Å². The van der Waals surface area contributed by atoms with Crippen LogP contribution in [0.2, 0.25) is 0 Å². The van der Waals surface area contributed by atoms with Crippen molar-refractivity contribution >= 4 is 19.8 Å². The first-order valence-corrected chi connectivity index (χ1v) is 28.9. The van der Waals surface area contributed by atoms with Crippen molar-refractivity contribution in [2.24, 2.45) is 0 Å². The summed E-state index contributed by atoms with van der Waals surface area (Å²) in [6.07, 6.45) is 59.1. The van der Waals surface area contributed by atoms with Crippen molar-refractivity contribution in [2.45, 2.75) is 251 Å². The van der Waals surface area contributed by atoms with Crippen LogP contribution in [0, 0.1) is 0 Å². The second kappa shape index (κ2) is 48.0. The van der Waals surface area contributed by atoms with Gasteiger partial charge in [-0.15, -0.1) is 0 Å². The van der Waals surface area contributed by atoms with Crippen LogP contribution in [-0.2, 0) is 32.7 Å². The second-order valence-corrected chi connectivity index (χ2v) is 21.0. The minimum atomic E-state index is -4.40. The highest BCUT2D eigenvalue weighted by molar-refractivity contribution is 7.47. The average Bonchev–Trinajstić information content (AvgIpc) is 3.27. The maximum Gasteiger partial charge on any atom is 0.472 e. The number of nitrogens with zero attached hydrogens (tertiary/aromatic N) is 1. The van der Waals surface area contributed by atoms with Gasteiger partial charge in [0.1, 0.15) is 19.8 Å². The number of phosphoric ester groups is 1. The van der Waals surface area contributed by atoms with Crippen molar-refractivity contribution in [2.75, 3.05) is 47.5 Å². The molecule has 0 aliphatic rings. The first-order chi connectivity index (χ1) is 32.0. The molecular formula is C56H105NO8P+. The highest BCUT2D eigenvalue weighted by Gasteiger charge is 2.27. The molecule has 10 heteroatoms. The summed E-state index contributed by atoms with van der Waals surface area (Å²) in [6.45, 7) is 4.37. The van der Waals surface area contributed by atoms with E-state index in [2.05, 4.69) is 62.5 Å². The molecule has 0 spiro atoms. The summed E-state index contributed by atoms with van der Waals surface area (Å²) in [5.74, 6) is -0.891. The topological polar surface area (TPSA) is 108 Å². The molecule has 0 aliphatic heterocycles. The molecule has 0 heterocycles. The molecule has 0 saturated heterocycles. The Morgan fingerprint density at radius 2 is 0.788 bits per heavy atom. The van der Waals surface area contributed by atoms with E-state index < -0.39 is 32.5 Å². The fraction of sp³-hybridized carbons (Fsp3) is 0.821. The van der Waals surface area contributed by atoms with Crippen LogP contribution in [0.1, 0.15) is 245 Å². The van der Waals surface area contributed by atoms with Gasteiger partial charge < -0.3 is 18.9 Å². The lowest BCUT2D eigenvalue weighted by Gasteiger charge is -2.24. The van der Waals surface area contributed by atoms with Crippen molar-refractivity contribution in [3.63, 3.8) is 0 Å². The standard InChI is InChI=1S/C56H104NO8P/c1-6-8-10-12-14-16-18-20-22-24-26-28-30-32-34-36-38-40-42-44-46-48-55(58)62-52-54(53-64-66(60,61)63-51-50-57(3,4)5)65-56(59)49-47-45-43-41-39-37-35-33-31-29-27-25-23-21-19-17-15-13-11-9-7-2/h32-35,40-43,54H,6-31,36-39,44-53H2,1-5H3/p+1/b34-32-,35-33-,42-40-,43-41-. The summed E-state index contributed by atoms with van der Waals surface area (Å²) in [7, 11) is 1.44. The fourth-order valence-corrected chi connectivity index (χ4v) is 8.27. The molecule has 0 aromatic heterocycles. The van der Waals surface area contributed by atoms with E-state index in [0.29, 0.717) is 23.9 Å². The summed E-state index contributed by atoms with van der Waals surface area (Å²) in [4.78, 5) is 35.5. The van der Waals surface area contributed by atoms with Gasteiger partial charge in [-0.3, -0.25) is 18.6 Å². The smallest absolute Gasteiger partial charge is 0.462 e. The van der Waals surface area contributed by atoms with Crippen molar-refractivity contribution in [1.82, 2.24) is 0 Å². The van der Waals surface area contributed by atoms with Crippen molar-refractivity contribution in [1.29, 1.82) is 0 Å². The van der Waals surface area contributed by atoms with Gasteiger partial charge in [0, 0.05) is 12.8 Å². The van der Waals surface area contributed by atoms with Crippen LogP contribution >= 0.6 is 7.82 Å². The molecular weight excluding hydrogens is 846 g/mol. The highest BCUT2D eigenvalue weighted by Crippen LogP contribution is 2.43. The van der Waals surface area contributed by atoms with Gasteiger partial charge >= 0.3 is 19.8 Å². The van der Waals surface area contributed by atoms with Crippen LogP contribution in [0.15, 0.2) is 48.6 Å². The molecule has 1 N–H and O–H groups in total. The zero-order chi connectivity index (χ0) is 48.5. The van der Waals surface area contributed by atoms with Crippen LogP contribution < -0.4 is 0 Å². The SMILES string of the molecule is CCCCCCCCCCCCCC/C=C\CC/C=C\CCCC(=O)OCC(COP(=O)(O)OCC[N+](C)(C)C)OC(=O)CCC/C=C\CC/C=C\CCCCCCCCCCCCCC. The highest BCUT2D eigenvalue weighted by atomic mass is 31.2. The summed E-state index contributed by atoms with van der Waals surface area (Å²) < 4.78 is 34.4. The Morgan fingerprint density at radius 3 is 1.17 bits per heavy atom. The van der Waals surface area contributed by atoms with Crippen LogP contribution in [0.25, 0.3) is 0 Å². The number of carbonyl (C=O) groups is 2. The van der Waals surface area contributed by atoms with Gasteiger partial charge in [-0.25, -0.2) is 4.57 Å². The zero-order valence-electron chi connectivity index (χ0n) is 43.7. The summed E-state index contributed by atoms with van der Waals surface area (Å²) in [5, 5.41) is 0. The third-order valence-corrected chi connectivity index (χ3v) is 12.8. The Morgan fingerprint density at radius 1 is 0.455 bits per heavy atom. The van der Waals surface area contributed by atoms with Crippen LogP contribution in [0.5, 0.6) is 0 Å². The fourth-order valence-electron chi connectivity index (χ4n) is 7.53. The van der Waals surface area contributed by atoms with Gasteiger partial charge in [-0.1, -0.05) is 204 Å². The number of rotatable bonds is 50. The van der Waals surface area contributed by atoms with Crippen molar-refractivity contribution in [3.05, 3.63) is 48.6 Å². The normalized spacial score (nSPS) is 13.7. The summed E-state index contributed by atoms with van der Waals surface area (Å²) in [5.41, 5.74) is 0. The average molecular weight is 951 g/mol. The molecule has 0 amide bonds. The van der Waals surface area contributed by atoms with Gasteiger partial charge in [0.05, 0.1) is 27.7 Å². The molecule has 9 nitrogen and oxygen atoms in total. The summed E-state index contributed by atoms with van der Waals surface area (Å²) >= 11 is 0. The molecule has 0 aliphatic carbocycles. The number of allylic oxidation sites excluding steroid dienone is 8. The van der Waals surface area contributed by atoms with Gasteiger partial charge in [-0.2, -0.15) is 0 Å². The van der Waals surface area contributed by atoms with E-state index in [1.807, 2.05) is 21.1 Å². The predicted octanol–water partition coefficient (Wildman–Crippen LogP) is 16.6. The first kappa shape index (κ1) is 64.0. The van der Waals surface area contributed by atoms with Crippen LogP contribution in [-0.4, -0.2) is 74.9 Å².